The summed E-state index contributed by atoms with van der Waals surface area (Å²) in [5.74, 6) is 0.102. The highest BCUT2D eigenvalue weighted by Crippen LogP contribution is 2.18. The van der Waals surface area contributed by atoms with E-state index < -0.39 is 0 Å². The fraction of sp³-hybridized carbons (Fsp3) is 0.222. The first-order valence-electron chi connectivity index (χ1n) is 7.79. The number of carbonyl (C=O) groups excluding carboxylic acids is 1. The van der Waals surface area contributed by atoms with Gasteiger partial charge in [-0.05, 0) is 30.5 Å². The van der Waals surface area contributed by atoms with Crippen LogP contribution in [0, 0.1) is 6.92 Å². The van der Waals surface area contributed by atoms with E-state index in [1.807, 2.05) is 25.1 Å². The zero-order valence-corrected chi connectivity index (χ0v) is 13.2. The van der Waals surface area contributed by atoms with Crippen LogP contribution < -0.4 is 5.32 Å². The third-order valence-corrected chi connectivity index (χ3v) is 4.04. The van der Waals surface area contributed by atoms with Gasteiger partial charge in [0, 0.05) is 41.0 Å². The van der Waals surface area contributed by atoms with E-state index in [9.17, 15) is 4.79 Å². The summed E-state index contributed by atoms with van der Waals surface area (Å²) < 4.78 is 5.36. The Morgan fingerprint density at radius 3 is 3.00 bits per heavy atom. The molecule has 3 heterocycles. The van der Waals surface area contributed by atoms with E-state index >= 15 is 0 Å². The van der Waals surface area contributed by atoms with Gasteiger partial charge in [0.1, 0.15) is 0 Å². The molecule has 1 aliphatic heterocycles. The van der Waals surface area contributed by atoms with Crippen LogP contribution in [0.5, 0.6) is 0 Å². The first-order valence-corrected chi connectivity index (χ1v) is 7.79. The van der Waals surface area contributed by atoms with Crippen molar-refractivity contribution in [3.63, 3.8) is 0 Å². The molecule has 2 aromatic heterocycles. The Morgan fingerprint density at radius 2 is 2.08 bits per heavy atom. The highest BCUT2D eigenvalue weighted by molar-refractivity contribution is 6.05. The second-order valence-electron chi connectivity index (χ2n) is 5.81. The Bertz CT molecular complexity index is 939. The number of ether oxygens (including phenoxy) is 1. The summed E-state index contributed by atoms with van der Waals surface area (Å²) in [7, 11) is 0. The van der Waals surface area contributed by atoms with E-state index in [-0.39, 0.29) is 5.91 Å². The second-order valence-corrected chi connectivity index (χ2v) is 5.81. The summed E-state index contributed by atoms with van der Waals surface area (Å²) in [5.41, 5.74) is 3.40. The number of benzene rings is 1. The lowest BCUT2D eigenvalue weighted by Crippen LogP contribution is -2.18. The van der Waals surface area contributed by atoms with Crippen molar-refractivity contribution in [2.24, 2.45) is 0 Å². The molecule has 0 saturated heterocycles. The van der Waals surface area contributed by atoms with Crippen LogP contribution in [-0.4, -0.2) is 27.5 Å². The number of fused-ring (bicyclic) bond motifs is 2. The first-order chi connectivity index (χ1) is 11.7. The Morgan fingerprint density at radius 1 is 1.17 bits per heavy atom. The van der Waals surface area contributed by atoms with Crippen LogP contribution >= 0.6 is 0 Å². The lowest BCUT2D eigenvalue weighted by Gasteiger charge is -2.15. The fourth-order valence-corrected chi connectivity index (χ4v) is 2.76. The van der Waals surface area contributed by atoms with Gasteiger partial charge >= 0.3 is 0 Å². The number of nitrogens with zero attached hydrogens (tertiary/aromatic N) is 3. The molecule has 0 bridgehead atoms. The van der Waals surface area contributed by atoms with E-state index in [2.05, 4.69) is 20.3 Å². The average molecular weight is 320 g/mol. The summed E-state index contributed by atoms with van der Waals surface area (Å²) in [6.07, 6.45) is 4.26. The molecule has 0 aliphatic carbocycles. The quantitative estimate of drug-likeness (QED) is 0.785. The lowest BCUT2D eigenvalue weighted by atomic mass is 10.1. The number of aryl methyl sites for hydroxylation is 1. The molecule has 1 aromatic carbocycles. The van der Waals surface area contributed by atoms with Crippen LogP contribution in [0.15, 0.2) is 36.7 Å². The fourth-order valence-electron chi connectivity index (χ4n) is 2.76. The summed E-state index contributed by atoms with van der Waals surface area (Å²) >= 11 is 0. The average Bonchev–Trinajstić information content (AvgIpc) is 2.61. The summed E-state index contributed by atoms with van der Waals surface area (Å²) in [6.45, 7) is 3.11. The normalized spacial score (nSPS) is 13.5. The van der Waals surface area contributed by atoms with Crippen LogP contribution in [0.25, 0.3) is 10.8 Å². The Hall–Kier alpha value is -2.86. The molecular weight excluding hydrogens is 304 g/mol. The van der Waals surface area contributed by atoms with Crippen molar-refractivity contribution in [3.05, 3.63) is 59.2 Å². The third-order valence-electron chi connectivity index (χ3n) is 4.04. The van der Waals surface area contributed by atoms with Crippen molar-refractivity contribution in [3.8, 4) is 0 Å². The lowest BCUT2D eigenvalue weighted by molar-refractivity contribution is 0.102. The van der Waals surface area contributed by atoms with Gasteiger partial charge in [0.25, 0.3) is 5.91 Å². The Balaban J connectivity index is 1.59. The van der Waals surface area contributed by atoms with E-state index in [4.69, 9.17) is 4.74 Å². The van der Waals surface area contributed by atoms with Crippen LogP contribution in [0.4, 0.5) is 5.95 Å². The van der Waals surface area contributed by atoms with Crippen molar-refractivity contribution in [1.82, 2.24) is 15.0 Å². The molecule has 4 rings (SSSR count). The minimum Gasteiger partial charge on any atom is -0.376 e. The number of anilines is 1. The van der Waals surface area contributed by atoms with Gasteiger partial charge in [-0.15, -0.1) is 0 Å². The largest absolute Gasteiger partial charge is 0.376 e. The van der Waals surface area contributed by atoms with Crippen molar-refractivity contribution >= 4 is 22.6 Å². The molecule has 1 aliphatic rings. The number of carbonyl (C=O) groups is 1. The predicted octanol–water partition coefficient (Wildman–Crippen LogP) is 2.66. The van der Waals surface area contributed by atoms with E-state index in [0.29, 0.717) is 24.7 Å². The minimum atomic E-state index is -0.224. The number of hydrogen-bond donors (Lipinski definition) is 1. The van der Waals surface area contributed by atoms with Crippen molar-refractivity contribution in [2.45, 2.75) is 20.0 Å². The molecule has 0 unspecified atom stereocenters. The smallest absolute Gasteiger partial charge is 0.258 e. The number of aromatic nitrogens is 3. The van der Waals surface area contributed by atoms with E-state index in [1.165, 1.54) is 0 Å². The molecular formula is C18H16N4O2. The number of amides is 1. The van der Waals surface area contributed by atoms with Crippen molar-refractivity contribution in [1.29, 1.82) is 0 Å². The molecule has 3 aromatic rings. The molecule has 0 fully saturated rings. The topological polar surface area (TPSA) is 77.0 Å². The molecule has 6 heteroatoms. The maximum Gasteiger partial charge on any atom is 0.258 e. The second kappa shape index (κ2) is 5.98. The molecule has 6 nitrogen and oxygen atoms in total. The number of pyridine rings is 1. The first kappa shape index (κ1) is 14.7. The van der Waals surface area contributed by atoms with Crippen molar-refractivity contribution in [2.75, 3.05) is 11.9 Å². The monoisotopic (exact) mass is 320 g/mol. The summed E-state index contributed by atoms with van der Waals surface area (Å²) in [5, 5.41) is 4.76. The van der Waals surface area contributed by atoms with Crippen LogP contribution in [0.3, 0.4) is 0 Å². The highest BCUT2D eigenvalue weighted by atomic mass is 16.5. The van der Waals surface area contributed by atoms with Gasteiger partial charge < -0.3 is 4.74 Å². The molecule has 120 valence electrons. The van der Waals surface area contributed by atoms with Gasteiger partial charge in [-0.25, -0.2) is 9.97 Å². The summed E-state index contributed by atoms with van der Waals surface area (Å²) in [4.78, 5) is 25.4. The van der Waals surface area contributed by atoms with Gasteiger partial charge in [0.05, 0.1) is 18.9 Å². The van der Waals surface area contributed by atoms with Gasteiger partial charge in [-0.2, -0.15) is 0 Å². The minimum absolute atomic E-state index is 0.224. The maximum absolute atomic E-state index is 12.5. The van der Waals surface area contributed by atoms with Crippen LogP contribution in [-0.2, 0) is 17.8 Å². The summed E-state index contributed by atoms with van der Waals surface area (Å²) in [6, 6.07) is 7.48. The number of rotatable bonds is 2. The highest BCUT2D eigenvalue weighted by Gasteiger charge is 2.14. The SMILES string of the molecule is Cc1cc2cc(C(=O)Nc3ncc4c(n3)CCOC4)ccc2cn1. The van der Waals surface area contributed by atoms with Gasteiger partial charge in [-0.3, -0.25) is 15.1 Å². The third kappa shape index (κ3) is 2.83. The standard InChI is InChI=1S/C18H16N4O2/c1-11-6-14-7-12(2-3-13(14)8-19-11)17(23)22-18-20-9-15-10-24-5-4-16(15)21-18/h2-3,6-9H,4-5,10H2,1H3,(H,20,21,22,23). The molecule has 1 N–H and O–H groups in total. The van der Waals surface area contributed by atoms with Crippen molar-refractivity contribution < 1.29 is 9.53 Å². The zero-order valence-electron chi connectivity index (χ0n) is 13.2. The van der Waals surface area contributed by atoms with E-state index in [1.54, 1.807) is 18.5 Å². The van der Waals surface area contributed by atoms with E-state index in [0.717, 1.165) is 34.1 Å². The maximum atomic E-state index is 12.5. The molecule has 24 heavy (non-hydrogen) atoms. The molecule has 0 spiro atoms. The van der Waals surface area contributed by atoms with Gasteiger partial charge in [0.2, 0.25) is 5.95 Å². The molecule has 0 atom stereocenters. The number of nitrogens with one attached hydrogen (secondary N) is 1. The zero-order chi connectivity index (χ0) is 16.5. The molecule has 1 amide bonds. The molecule has 0 radical (unpaired) electrons. The molecule has 0 saturated carbocycles. The Labute approximate surface area is 138 Å². The van der Waals surface area contributed by atoms with Gasteiger partial charge in [0.15, 0.2) is 0 Å². The van der Waals surface area contributed by atoms with Crippen LogP contribution in [0.2, 0.25) is 0 Å². The Kier molecular flexibility index (Phi) is 3.66. The number of hydrogen-bond acceptors (Lipinski definition) is 5. The van der Waals surface area contributed by atoms with Gasteiger partial charge in [-0.1, -0.05) is 6.07 Å². The van der Waals surface area contributed by atoms with Crippen LogP contribution in [0.1, 0.15) is 27.3 Å². The predicted molar refractivity (Wildman–Crippen MR) is 89.8 cm³/mol.